The number of nitro groups is 1. The molecule has 5 nitrogen and oxygen atoms in total. The van der Waals surface area contributed by atoms with E-state index in [2.05, 4.69) is 0 Å². The summed E-state index contributed by atoms with van der Waals surface area (Å²) in [6, 6.07) is 13.8. The zero-order chi connectivity index (χ0) is 14.6. The Morgan fingerprint density at radius 2 is 1.70 bits per heavy atom. The Balaban J connectivity index is 2.30. The molecule has 0 atom stereocenters. The maximum atomic E-state index is 12.0. The fourth-order valence-electron chi connectivity index (χ4n) is 1.60. The van der Waals surface area contributed by atoms with Crippen LogP contribution >= 0.6 is 0 Å². The molecule has 0 saturated carbocycles. The van der Waals surface area contributed by atoms with Gasteiger partial charge < -0.3 is 0 Å². The molecule has 2 aromatic rings. The first-order valence-electron chi connectivity index (χ1n) is 5.72. The highest BCUT2D eigenvalue weighted by molar-refractivity contribution is 7.94. The molecular formula is C14H11NO4S. The van der Waals surface area contributed by atoms with Crippen LogP contribution < -0.4 is 0 Å². The fraction of sp³-hybridized carbons (Fsp3) is 0. The van der Waals surface area contributed by atoms with Gasteiger partial charge in [0.25, 0.3) is 5.69 Å². The summed E-state index contributed by atoms with van der Waals surface area (Å²) < 4.78 is 24.0. The summed E-state index contributed by atoms with van der Waals surface area (Å²) in [4.78, 5) is 10.3. The Bertz CT molecular complexity index is 752. The smallest absolute Gasteiger partial charge is 0.258 e. The lowest BCUT2D eigenvalue weighted by Gasteiger charge is -1.98. The molecule has 0 unspecified atom stereocenters. The molecule has 0 radical (unpaired) electrons. The van der Waals surface area contributed by atoms with Gasteiger partial charge in [-0.15, -0.1) is 0 Å². The summed E-state index contributed by atoms with van der Waals surface area (Å²) in [6.07, 6.45) is 1.34. The van der Waals surface area contributed by atoms with E-state index in [0.717, 1.165) is 5.41 Å². The van der Waals surface area contributed by atoms with Crippen molar-refractivity contribution in [3.8, 4) is 0 Å². The second kappa shape index (κ2) is 5.66. The highest BCUT2D eigenvalue weighted by Gasteiger charge is 2.09. The lowest BCUT2D eigenvalue weighted by molar-refractivity contribution is -0.384. The minimum Gasteiger partial charge on any atom is -0.258 e. The van der Waals surface area contributed by atoms with E-state index in [1.807, 2.05) is 0 Å². The van der Waals surface area contributed by atoms with Crippen molar-refractivity contribution in [3.63, 3.8) is 0 Å². The van der Waals surface area contributed by atoms with Gasteiger partial charge in [0.1, 0.15) is 0 Å². The van der Waals surface area contributed by atoms with Crippen molar-refractivity contribution >= 4 is 21.6 Å². The Morgan fingerprint density at radius 1 is 1.00 bits per heavy atom. The molecule has 2 aromatic carbocycles. The molecule has 0 bridgehead atoms. The lowest BCUT2D eigenvalue weighted by Crippen LogP contribution is -1.95. The van der Waals surface area contributed by atoms with Crippen LogP contribution in [0.15, 0.2) is 64.9 Å². The van der Waals surface area contributed by atoms with Crippen molar-refractivity contribution in [2.75, 3.05) is 0 Å². The quantitative estimate of drug-likeness (QED) is 0.640. The van der Waals surface area contributed by atoms with Crippen LogP contribution in [0, 0.1) is 10.1 Å². The third-order valence-electron chi connectivity index (χ3n) is 2.59. The summed E-state index contributed by atoms with van der Waals surface area (Å²) in [5.41, 5.74) is 0.378. The Kier molecular flexibility index (Phi) is 3.95. The first kappa shape index (κ1) is 14.0. The van der Waals surface area contributed by atoms with Crippen molar-refractivity contribution in [2.24, 2.45) is 0 Å². The van der Waals surface area contributed by atoms with Crippen molar-refractivity contribution < 1.29 is 13.3 Å². The van der Waals surface area contributed by atoms with Gasteiger partial charge in [-0.3, -0.25) is 10.1 Å². The molecule has 6 heteroatoms. The van der Waals surface area contributed by atoms with Crippen molar-refractivity contribution in [1.82, 2.24) is 0 Å². The van der Waals surface area contributed by atoms with E-state index in [0.29, 0.717) is 5.56 Å². The minimum atomic E-state index is -3.54. The molecule has 0 aliphatic heterocycles. The molecule has 0 saturated heterocycles. The van der Waals surface area contributed by atoms with Crippen LogP contribution in [0.3, 0.4) is 0 Å². The molecular weight excluding hydrogens is 278 g/mol. The predicted octanol–water partition coefficient (Wildman–Crippen LogP) is 3.04. The zero-order valence-corrected chi connectivity index (χ0v) is 11.2. The summed E-state index contributed by atoms with van der Waals surface area (Å²) >= 11 is 0. The van der Waals surface area contributed by atoms with Gasteiger partial charge in [0, 0.05) is 17.5 Å². The van der Waals surface area contributed by atoms with E-state index >= 15 is 0 Å². The van der Waals surface area contributed by atoms with Crippen LogP contribution in [-0.2, 0) is 9.84 Å². The molecule has 0 N–H and O–H groups in total. The third kappa shape index (κ3) is 3.30. The average molecular weight is 289 g/mol. The third-order valence-corrected chi connectivity index (χ3v) is 4.02. The topological polar surface area (TPSA) is 77.3 Å². The molecule has 20 heavy (non-hydrogen) atoms. The summed E-state index contributed by atoms with van der Waals surface area (Å²) in [6.45, 7) is 0. The zero-order valence-electron chi connectivity index (χ0n) is 10.3. The van der Waals surface area contributed by atoms with Crippen LogP contribution in [0.25, 0.3) is 6.08 Å². The molecule has 0 fully saturated rings. The van der Waals surface area contributed by atoms with Gasteiger partial charge in [-0.2, -0.15) is 0 Å². The molecule has 0 aromatic heterocycles. The second-order valence-electron chi connectivity index (χ2n) is 4.01. The van der Waals surface area contributed by atoms with Crippen LogP contribution in [0.2, 0.25) is 0 Å². The number of sulfone groups is 1. The highest BCUT2D eigenvalue weighted by atomic mass is 32.2. The normalized spacial score (nSPS) is 11.6. The van der Waals surface area contributed by atoms with E-state index in [1.165, 1.54) is 36.4 Å². The fourth-order valence-corrected chi connectivity index (χ4v) is 2.63. The van der Waals surface area contributed by atoms with Gasteiger partial charge >= 0.3 is 0 Å². The summed E-state index contributed by atoms with van der Waals surface area (Å²) in [7, 11) is -3.54. The SMILES string of the molecule is O=[N+]([O-])c1cccc(C=CS(=O)(=O)c2ccccc2)c1. The maximum absolute atomic E-state index is 12.0. The highest BCUT2D eigenvalue weighted by Crippen LogP contribution is 2.17. The summed E-state index contributed by atoms with van der Waals surface area (Å²) in [5, 5.41) is 11.7. The van der Waals surface area contributed by atoms with Crippen molar-refractivity contribution in [1.29, 1.82) is 0 Å². The molecule has 2 rings (SSSR count). The Labute approximate surface area is 116 Å². The number of hydrogen-bond donors (Lipinski definition) is 0. The minimum absolute atomic E-state index is 0.0794. The monoisotopic (exact) mass is 289 g/mol. The maximum Gasteiger partial charge on any atom is 0.270 e. The van der Waals surface area contributed by atoms with E-state index in [1.54, 1.807) is 24.3 Å². The van der Waals surface area contributed by atoms with Gasteiger partial charge in [-0.25, -0.2) is 8.42 Å². The predicted molar refractivity (Wildman–Crippen MR) is 75.8 cm³/mol. The summed E-state index contributed by atoms with van der Waals surface area (Å²) in [5.74, 6) is 0. The Morgan fingerprint density at radius 3 is 2.35 bits per heavy atom. The first-order chi connectivity index (χ1) is 9.49. The molecule has 102 valence electrons. The lowest BCUT2D eigenvalue weighted by atomic mass is 10.2. The largest absolute Gasteiger partial charge is 0.270 e. The second-order valence-corrected chi connectivity index (χ2v) is 5.85. The molecule has 0 aliphatic carbocycles. The van der Waals surface area contributed by atoms with Crippen LogP contribution in [0.1, 0.15) is 5.56 Å². The molecule has 0 aliphatic rings. The van der Waals surface area contributed by atoms with Crippen molar-refractivity contribution in [3.05, 3.63) is 75.7 Å². The standard InChI is InChI=1S/C14H11NO4S/c16-15(17)13-6-4-5-12(11-13)9-10-20(18,19)14-7-2-1-3-8-14/h1-11H. The van der Waals surface area contributed by atoms with E-state index in [4.69, 9.17) is 0 Å². The van der Waals surface area contributed by atoms with Crippen LogP contribution in [0.4, 0.5) is 5.69 Å². The van der Waals surface area contributed by atoms with Crippen LogP contribution in [0.5, 0.6) is 0 Å². The first-order valence-corrected chi connectivity index (χ1v) is 7.26. The van der Waals surface area contributed by atoms with Crippen molar-refractivity contribution in [2.45, 2.75) is 4.90 Å². The van der Waals surface area contributed by atoms with Gasteiger partial charge in [0.15, 0.2) is 9.84 Å². The van der Waals surface area contributed by atoms with Gasteiger partial charge in [-0.05, 0) is 23.8 Å². The molecule has 0 spiro atoms. The van der Waals surface area contributed by atoms with E-state index in [9.17, 15) is 18.5 Å². The number of nitrogens with zero attached hydrogens (tertiary/aromatic N) is 1. The average Bonchev–Trinajstić information content (AvgIpc) is 2.46. The number of nitro benzene ring substituents is 1. The molecule has 0 heterocycles. The number of benzene rings is 2. The van der Waals surface area contributed by atoms with Gasteiger partial charge in [0.2, 0.25) is 0 Å². The Hall–Kier alpha value is -2.47. The number of non-ortho nitro benzene ring substituents is 1. The number of rotatable bonds is 4. The van der Waals surface area contributed by atoms with Gasteiger partial charge in [0.05, 0.1) is 9.82 Å². The number of hydrogen-bond acceptors (Lipinski definition) is 4. The van der Waals surface area contributed by atoms with Crippen LogP contribution in [-0.4, -0.2) is 13.3 Å². The molecule has 0 amide bonds. The van der Waals surface area contributed by atoms with E-state index < -0.39 is 14.8 Å². The van der Waals surface area contributed by atoms with E-state index in [-0.39, 0.29) is 10.6 Å². The van der Waals surface area contributed by atoms with Gasteiger partial charge in [-0.1, -0.05) is 30.3 Å².